The summed E-state index contributed by atoms with van der Waals surface area (Å²) in [5, 5.41) is 0.993. The highest BCUT2D eigenvalue weighted by Crippen LogP contribution is 2.35. The van der Waals surface area contributed by atoms with Crippen LogP contribution in [0.5, 0.6) is 0 Å². The lowest BCUT2D eigenvalue weighted by Crippen LogP contribution is -2.30. The first-order valence-electron chi connectivity index (χ1n) is 7.70. The Morgan fingerprint density at radius 2 is 1.52 bits per heavy atom. The number of alkyl halides is 1. The number of benzene rings is 2. The van der Waals surface area contributed by atoms with Crippen LogP contribution in [0.3, 0.4) is 0 Å². The van der Waals surface area contributed by atoms with E-state index in [1.807, 2.05) is 0 Å². The van der Waals surface area contributed by atoms with Crippen molar-refractivity contribution >= 4 is 15.9 Å². The molecule has 0 radical (unpaired) electrons. The largest absolute Gasteiger partial charge is 0.0918 e. The van der Waals surface area contributed by atoms with Crippen LogP contribution in [-0.2, 0) is 11.8 Å². The van der Waals surface area contributed by atoms with Crippen molar-refractivity contribution in [3.63, 3.8) is 0 Å². The molecule has 2 rings (SSSR count). The van der Waals surface area contributed by atoms with E-state index < -0.39 is 0 Å². The Balaban J connectivity index is 2.47. The first-order chi connectivity index (χ1) is 10.0. The summed E-state index contributed by atoms with van der Waals surface area (Å²) in [6, 6.07) is 15.5. The summed E-state index contributed by atoms with van der Waals surface area (Å²) in [4.78, 5) is 0. The maximum absolute atomic E-state index is 3.79. The van der Waals surface area contributed by atoms with Crippen LogP contribution in [0.2, 0.25) is 0 Å². The van der Waals surface area contributed by atoms with Crippen molar-refractivity contribution in [3.8, 4) is 0 Å². The number of rotatable bonds is 5. The van der Waals surface area contributed by atoms with Gasteiger partial charge in [0, 0.05) is 10.7 Å². The SMILES string of the molecule is CCC(CBr)(Cc1c(C)cc(C)cc1C)c1ccccc1. The first-order valence-corrected chi connectivity index (χ1v) is 8.83. The average molecular weight is 345 g/mol. The Bertz CT molecular complexity index is 571. The quantitative estimate of drug-likeness (QED) is 0.592. The van der Waals surface area contributed by atoms with Gasteiger partial charge >= 0.3 is 0 Å². The topological polar surface area (TPSA) is 0 Å². The van der Waals surface area contributed by atoms with E-state index in [2.05, 4.69) is 86.1 Å². The molecule has 0 fully saturated rings. The monoisotopic (exact) mass is 344 g/mol. The highest BCUT2D eigenvalue weighted by Gasteiger charge is 2.30. The van der Waals surface area contributed by atoms with Gasteiger partial charge < -0.3 is 0 Å². The molecule has 0 heterocycles. The number of hydrogen-bond donors (Lipinski definition) is 0. The maximum atomic E-state index is 3.79. The molecule has 0 aliphatic carbocycles. The zero-order chi connectivity index (χ0) is 15.5. The molecule has 0 spiro atoms. The van der Waals surface area contributed by atoms with Gasteiger partial charge in [-0.2, -0.15) is 0 Å². The molecule has 0 saturated heterocycles. The van der Waals surface area contributed by atoms with Gasteiger partial charge in [-0.05, 0) is 55.9 Å². The molecular formula is C20H25Br. The fraction of sp³-hybridized carbons (Fsp3) is 0.400. The molecule has 1 heteroatoms. The lowest BCUT2D eigenvalue weighted by Gasteiger charge is -2.33. The van der Waals surface area contributed by atoms with Crippen molar-refractivity contribution < 1.29 is 0 Å². The first kappa shape index (κ1) is 16.3. The lowest BCUT2D eigenvalue weighted by molar-refractivity contribution is 0.462. The molecular weight excluding hydrogens is 320 g/mol. The van der Waals surface area contributed by atoms with Gasteiger partial charge in [-0.15, -0.1) is 0 Å². The normalized spacial score (nSPS) is 14.0. The number of hydrogen-bond acceptors (Lipinski definition) is 0. The van der Waals surface area contributed by atoms with E-state index in [1.54, 1.807) is 0 Å². The van der Waals surface area contributed by atoms with Crippen molar-refractivity contribution in [1.82, 2.24) is 0 Å². The maximum Gasteiger partial charge on any atom is 0.0132 e. The Kier molecular flexibility index (Phi) is 5.27. The Labute approximate surface area is 137 Å². The van der Waals surface area contributed by atoms with Crippen molar-refractivity contribution in [3.05, 3.63) is 70.3 Å². The Morgan fingerprint density at radius 1 is 0.952 bits per heavy atom. The van der Waals surface area contributed by atoms with E-state index in [4.69, 9.17) is 0 Å². The van der Waals surface area contributed by atoms with Crippen LogP contribution in [-0.4, -0.2) is 5.33 Å². The molecule has 0 aromatic heterocycles. The number of aryl methyl sites for hydroxylation is 3. The molecule has 2 aromatic rings. The van der Waals surface area contributed by atoms with E-state index >= 15 is 0 Å². The van der Waals surface area contributed by atoms with Crippen LogP contribution in [0.1, 0.15) is 41.2 Å². The van der Waals surface area contributed by atoms with Crippen LogP contribution in [0.25, 0.3) is 0 Å². The van der Waals surface area contributed by atoms with E-state index in [-0.39, 0.29) is 5.41 Å². The summed E-state index contributed by atoms with van der Waals surface area (Å²) in [6.07, 6.45) is 2.23. The van der Waals surface area contributed by atoms with Gasteiger partial charge in [0.2, 0.25) is 0 Å². The van der Waals surface area contributed by atoms with Gasteiger partial charge in [-0.25, -0.2) is 0 Å². The molecule has 0 amide bonds. The van der Waals surface area contributed by atoms with Crippen molar-refractivity contribution in [2.75, 3.05) is 5.33 Å². The van der Waals surface area contributed by atoms with Gasteiger partial charge in [-0.1, -0.05) is 70.9 Å². The van der Waals surface area contributed by atoms with Gasteiger partial charge in [0.25, 0.3) is 0 Å². The minimum atomic E-state index is 0.173. The predicted molar refractivity (Wildman–Crippen MR) is 96.6 cm³/mol. The molecule has 0 N–H and O–H groups in total. The van der Waals surface area contributed by atoms with Gasteiger partial charge in [0.15, 0.2) is 0 Å². The highest BCUT2D eigenvalue weighted by atomic mass is 79.9. The smallest absolute Gasteiger partial charge is 0.0132 e. The number of halogens is 1. The molecule has 0 aliphatic heterocycles. The summed E-state index contributed by atoms with van der Waals surface area (Å²) in [6.45, 7) is 8.97. The van der Waals surface area contributed by atoms with Crippen LogP contribution in [0, 0.1) is 20.8 Å². The van der Waals surface area contributed by atoms with Crippen LogP contribution >= 0.6 is 15.9 Å². The average Bonchev–Trinajstić information content (AvgIpc) is 2.48. The van der Waals surface area contributed by atoms with E-state index in [0.717, 1.165) is 18.2 Å². The molecule has 2 aromatic carbocycles. The molecule has 0 aliphatic rings. The second-order valence-corrected chi connectivity index (χ2v) is 6.75. The molecule has 112 valence electrons. The third kappa shape index (κ3) is 3.40. The summed E-state index contributed by atoms with van der Waals surface area (Å²) in [5.74, 6) is 0. The predicted octanol–water partition coefficient (Wildman–Crippen LogP) is 5.90. The molecule has 21 heavy (non-hydrogen) atoms. The fourth-order valence-electron chi connectivity index (χ4n) is 3.27. The highest BCUT2D eigenvalue weighted by molar-refractivity contribution is 9.09. The molecule has 0 bridgehead atoms. The van der Waals surface area contributed by atoms with Gasteiger partial charge in [-0.3, -0.25) is 0 Å². The standard InChI is InChI=1S/C20H25Br/c1-5-20(14-21,18-9-7-6-8-10-18)13-19-16(3)11-15(2)12-17(19)4/h6-12H,5,13-14H2,1-4H3. The van der Waals surface area contributed by atoms with E-state index in [9.17, 15) is 0 Å². The summed E-state index contributed by atoms with van der Waals surface area (Å²) < 4.78 is 0. The van der Waals surface area contributed by atoms with Gasteiger partial charge in [0.1, 0.15) is 0 Å². The summed E-state index contributed by atoms with van der Waals surface area (Å²) in [7, 11) is 0. The van der Waals surface area contributed by atoms with Crippen LogP contribution in [0.15, 0.2) is 42.5 Å². The van der Waals surface area contributed by atoms with Crippen molar-refractivity contribution in [2.24, 2.45) is 0 Å². The third-order valence-electron chi connectivity index (χ3n) is 4.67. The molecule has 0 nitrogen and oxygen atoms in total. The van der Waals surface area contributed by atoms with E-state index in [0.29, 0.717) is 0 Å². The zero-order valence-electron chi connectivity index (χ0n) is 13.5. The third-order valence-corrected chi connectivity index (χ3v) is 5.75. The second kappa shape index (κ2) is 6.79. The van der Waals surface area contributed by atoms with Crippen LogP contribution in [0.4, 0.5) is 0 Å². The zero-order valence-corrected chi connectivity index (χ0v) is 15.1. The summed E-state index contributed by atoms with van der Waals surface area (Å²) >= 11 is 3.79. The molecule has 1 atom stereocenters. The lowest BCUT2D eigenvalue weighted by atomic mass is 9.73. The van der Waals surface area contributed by atoms with Crippen molar-refractivity contribution in [2.45, 2.75) is 46.0 Å². The Morgan fingerprint density at radius 3 is 2.00 bits per heavy atom. The second-order valence-electron chi connectivity index (χ2n) is 6.19. The molecule has 1 unspecified atom stereocenters. The minimum absolute atomic E-state index is 0.173. The van der Waals surface area contributed by atoms with Crippen molar-refractivity contribution in [1.29, 1.82) is 0 Å². The fourth-order valence-corrected chi connectivity index (χ4v) is 4.19. The Hall–Kier alpha value is -1.08. The summed E-state index contributed by atoms with van der Waals surface area (Å²) in [5.41, 5.74) is 7.31. The van der Waals surface area contributed by atoms with E-state index in [1.165, 1.54) is 27.8 Å². The molecule has 0 saturated carbocycles. The minimum Gasteiger partial charge on any atom is -0.0918 e. The van der Waals surface area contributed by atoms with Crippen LogP contribution < -0.4 is 0 Å². The van der Waals surface area contributed by atoms with Gasteiger partial charge in [0.05, 0.1) is 0 Å².